The molecule has 2 aromatic rings. The molecule has 0 N–H and O–H groups in total. The number of rotatable bonds is 8. The van der Waals surface area contributed by atoms with Crippen LogP contribution in [0.5, 0.6) is 17.2 Å². The number of nitrogens with zero attached hydrogens (tertiary/aromatic N) is 1. The number of carbonyl (C=O) groups excluding carboxylic acids is 1. The Kier molecular flexibility index (Phi) is 5.66. The van der Waals surface area contributed by atoms with Crippen molar-refractivity contribution in [2.24, 2.45) is 0 Å². The second-order valence-electron chi connectivity index (χ2n) is 6.45. The summed E-state index contributed by atoms with van der Waals surface area (Å²) in [4.78, 5) is 14.8. The highest BCUT2D eigenvalue weighted by Gasteiger charge is 2.32. The van der Waals surface area contributed by atoms with Crippen LogP contribution in [0.15, 0.2) is 42.5 Å². The maximum atomic E-state index is 12.9. The minimum Gasteiger partial charge on any atom is -0.493 e. The monoisotopic (exact) mass is 355 g/mol. The second kappa shape index (κ2) is 8.13. The van der Waals surface area contributed by atoms with Crippen LogP contribution in [0, 0.1) is 0 Å². The first kappa shape index (κ1) is 18.1. The third-order valence-corrected chi connectivity index (χ3v) is 4.58. The molecule has 26 heavy (non-hydrogen) atoms. The van der Waals surface area contributed by atoms with Crippen molar-refractivity contribution in [3.05, 3.63) is 53.6 Å². The zero-order chi connectivity index (χ0) is 18.5. The number of benzene rings is 2. The van der Waals surface area contributed by atoms with Gasteiger partial charge in [0.15, 0.2) is 11.5 Å². The fourth-order valence-electron chi connectivity index (χ4n) is 3.10. The lowest BCUT2D eigenvalue weighted by Gasteiger charge is -2.24. The van der Waals surface area contributed by atoms with Crippen LogP contribution in [0.25, 0.3) is 0 Å². The largest absolute Gasteiger partial charge is 0.493 e. The Labute approximate surface area is 154 Å². The molecule has 0 atom stereocenters. The van der Waals surface area contributed by atoms with Gasteiger partial charge in [0.2, 0.25) is 11.7 Å². The summed E-state index contributed by atoms with van der Waals surface area (Å²) in [5.74, 6) is 1.92. The van der Waals surface area contributed by atoms with Gasteiger partial charge in [-0.15, -0.1) is 0 Å². The minimum absolute atomic E-state index is 0.146. The highest BCUT2D eigenvalue weighted by Crippen LogP contribution is 2.39. The van der Waals surface area contributed by atoms with E-state index in [1.807, 2.05) is 47.4 Å². The topological polar surface area (TPSA) is 48.0 Å². The summed E-state index contributed by atoms with van der Waals surface area (Å²) in [6.45, 7) is 0.535. The van der Waals surface area contributed by atoms with E-state index in [1.54, 1.807) is 21.3 Å². The minimum atomic E-state index is 0.146. The van der Waals surface area contributed by atoms with E-state index in [-0.39, 0.29) is 5.91 Å². The highest BCUT2D eigenvalue weighted by atomic mass is 16.5. The molecule has 5 nitrogen and oxygen atoms in total. The zero-order valence-electron chi connectivity index (χ0n) is 15.5. The molecule has 1 fully saturated rings. The number of ether oxygens (including phenoxy) is 3. The molecule has 0 aromatic heterocycles. The van der Waals surface area contributed by atoms with Gasteiger partial charge in [-0.1, -0.05) is 30.3 Å². The Bertz CT molecular complexity index is 731. The fraction of sp³-hybridized carbons (Fsp3) is 0.381. The molecular weight excluding hydrogens is 330 g/mol. The summed E-state index contributed by atoms with van der Waals surface area (Å²) < 4.78 is 16.2. The van der Waals surface area contributed by atoms with Crippen molar-refractivity contribution in [1.82, 2.24) is 4.90 Å². The Morgan fingerprint density at radius 2 is 1.58 bits per heavy atom. The van der Waals surface area contributed by atoms with Gasteiger partial charge >= 0.3 is 0 Å². The molecule has 0 aliphatic heterocycles. The lowest BCUT2D eigenvalue weighted by molar-refractivity contribution is -0.131. The predicted molar refractivity (Wildman–Crippen MR) is 99.8 cm³/mol. The van der Waals surface area contributed by atoms with Crippen LogP contribution in [0.2, 0.25) is 0 Å². The molecule has 0 spiro atoms. The van der Waals surface area contributed by atoms with Gasteiger partial charge in [-0.3, -0.25) is 4.79 Å². The van der Waals surface area contributed by atoms with Crippen molar-refractivity contribution in [1.29, 1.82) is 0 Å². The van der Waals surface area contributed by atoms with Crippen molar-refractivity contribution in [2.75, 3.05) is 21.3 Å². The predicted octanol–water partition coefficient (Wildman–Crippen LogP) is 3.45. The smallest absolute Gasteiger partial charge is 0.227 e. The Morgan fingerprint density at radius 1 is 0.962 bits per heavy atom. The molecular formula is C21H25NO4. The summed E-state index contributed by atoms with van der Waals surface area (Å²) in [6, 6.07) is 14.0. The summed E-state index contributed by atoms with van der Waals surface area (Å²) >= 11 is 0. The molecule has 1 amide bonds. The summed E-state index contributed by atoms with van der Waals surface area (Å²) in [5, 5.41) is 0. The first-order valence-electron chi connectivity index (χ1n) is 8.78. The molecule has 0 bridgehead atoms. The maximum Gasteiger partial charge on any atom is 0.227 e. The van der Waals surface area contributed by atoms with E-state index in [2.05, 4.69) is 0 Å². The first-order chi connectivity index (χ1) is 12.7. The van der Waals surface area contributed by atoms with Gasteiger partial charge in [0.25, 0.3) is 0 Å². The molecule has 3 rings (SSSR count). The van der Waals surface area contributed by atoms with Crippen LogP contribution in [-0.4, -0.2) is 38.2 Å². The zero-order valence-corrected chi connectivity index (χ0v) is 15.5. The van der Waals surface area contributed by atoms with Gasteiger partial charge in [-0.25, -0.2) is 0 Å². The quantitative estimate of drug-likeness (QED) is 0.728. The summed E-state index contributed by atoms with van der Waals surface area (Å²) in [5.41, 5.74) is 2.00. The van der Waals surface area contributed by atoms with E-state index < -0.39 is 0 Å². The van der Waals surface area contributed by atoms with Crippen LogP contribution >= 0.6 is 0 Å². The van der Waals surface area contributed by atoms with Crippen molar-refractivity contribution in [3.8, 4) is 17.2 Å². The van der Waals surface area contributed by atoms with Gasteiger partial charge in [0, 0.05) is 12.6 Å². The third-order valence-electron chi connectivity index (χ3n) is 4.58. The number of hydrogen-bond acceptors (Lipinski definition) is 4. The molecule has 0 heterocycles. The SMILES string of the molecule is COc1cc(CN(C(=O)Cc2ccccc2)C2CC2)cc(OC)c1OC. The molecule has 138 valence electrons. The molecule has 1 aliphatic carbocycles. The normalized spacial score (nSPS) is 13.2. The van der Waals surface area contributed by atoms with Crippen molar-refractivity contribution in [2.45, 2.75) is 31.8 Å². The van der Waals surface area contributed by atoms with Gasteiger partial charge in [0.1, 0.15) is 0 Å². The van der Waals surface area contributed by atoms with E-state index in [1.165, 1.54) is 0 Å². The van der Waals surface area contributed by atoms with E-state index in [0.717, 1.165) is 24.0 Å². The van der Waals surface area contributed by atoms with Crippen LogP contribution in [0.4, 0.5) is 0 Å². The number of methoxy groups -OCH3 is 3. The van der Waals surface area contributed by atoms with E-state index in [9.17, 15) is 4.79 Å². The third kappa shape index (κ3) is 4.10. The van der Waals surface area contributed by atoms with Crippen LogP contribution < -0.4 is 14.2 Å². The molecule has 0 radical (unpaired) electrons. The molecule has 1 aliphatic rings. The molecule has 2 aromatic carbocycles. The lowest BCUT2D eigenvalue weighted by Crippen LogP contribution is -2.33. The fourth-order valence-corrected chi connectivity index (χ4v) is 3.10. The Hall–Kier alpha value is -2.69. The van der Waals surface area contributed by atoms with E-state index >= 15 is 0 Å². The average molecular weight is 355 g/mol. The van der Waals surface area contributed by atoms with Crippen LogP contribution in [-0.2, 0) is 17.8 Å². The molecule has 5 heteroatoms. The van der Waals surface area contributed by atoms with Crippen molar-refractivity contribution >= 4 is 5.91 Å². The van der Waals surface area contributed by atoms with E-state index in [0.29, 0.717) is 36.3 Å². The van der Waals surface area contributed by atoms with Gasteiger partial charge in [0.05, 0.1) is 27.8 Å². The lowest BCUT2D eigenvalue weighted by atomic mass is 10.1. The van der Waals surface area contributed by atoms with Crippen LogP contribution in [0.3, 0.4) is 0 Å². The van der Waals surface area contributed by atoms with Crippen molar-refractivity contribution in [3.63, 3.8) is 0 Å². The number of hydrogen-bond donors (Lipinski definition) is 0. The Balaban J connectivity index is 1.81. The summed E-state index contributed by atoms with van der Waals surface area (Å²) in [7, 11) is 4.78. The standard InChI is InChI=1S/C21H25NO4/c1-24-18-11-16(12-19(25-2)21(18)26-3)14-22(17-9-10-17)20(23)13-15-7-5-4-6-8-15/h4-8,11-12,17H,9-10,13-14H2,1-3H3. The number of carbonyl (C=O) groups is 1. The second-order valence-corrected chi connectivity index (χ2v) is 6.45. The highest BCUT2D eigenvalue weighted by molar-refractivity contribution is 5.79. The van der Waals surface area contributed by atoms with Crippen molar-refractivity contribution < 1.29 is 19.0 Å². The van der Waals surface area contributed by atoms with Crippen LogP contribution in [0.1, 0.15) is 24.0 Å². The average Bonchev–Trinajstić information content (AvgIpc) is 3.50. The molecule has 1 saturated carbocycles. The molecule has 0 saturated heterocycles. The van der Waals surface area contributed by atoms with Gasteiger partial charge in [-0.05, 0) is 36.1 Å². The summed E-state index contributed by atoms with van der Waals surface area (Å²) in [6.07, 6.45) is 2.54. The first-order valence-corrected chi connectivity index (χ1v) is 8.78. The molecule has 0 unspecified atom stereocenters. The van der Waals surface area contributed by atoms with Gasteiger partial charge < -0.3 is 19.1 Å². The van der Waals surface area contributed by atoms with Gasteiger partial charge in [-0.2, -0.15) is 0 Å². The maximum absolute atomic E-state index is 12.9. The van der Waals surface area contributed by atoms with E-state index in [4.69, 9.17) is 14.2 Å². The Morgan fingerprint density at radius 3 is 2.08 bits per heavy atom. The number of amides is 1.